The molecule has 0 N–H and O–H groups in total. The normalized spacial score (nSPS) is 14.8. The van der Waals surface area contributed by atoms with E-state index in [0.717, 1.165) is 6.07 Å². The summed E-state index contributed by atoms with van der Waals surface area (Å²) in [4.78, 5) is 16.0. The van der Waals surface area contributed by atoms with Crippen molar-refractivity contribution in [2.75, 3.05) is 36.0 Å². The number of hydrogen-bond acceptors (Lipinski definition) is 5. The predicted molar refractivity (Wildman–Crippen MR) is 106 cm³/mol. The molecule has 1 saturated heterocycles. The van der Waals surface area contributed by atoms with Crippen molar-refractivity contribution in [2.45, 2.75) is 6.18 Å². The number of halogens is 5. The van der Waals surface area contributed by atoms with Crippen LogP contribution in [0.5, 0.6) is 0 Å². The maximum Gasteiger partial charge on any atom is 0.419 e. The van der Waals surface area contributed by atoms with Crippen molar-refractivity contribution < 1.29 is 17.6 Å². The minimum Gasteiger partial charge on any atom is -0.353 e. The van der Waals surface area contributed by atoms with Crippen LogP contribution in [0.4, 0.5) is 29.2 Å². The third kappa shape index (κ3) is 4.16. The van der Waals surface area contributed by atoms with Crippen LogP contribution in [-0.2, 0) is 6.18 Å². The largest absolute Gasteiger partial charge is 0.419 e. The van der Waals surface area contributed by atoms with E-state index in [0.29, 0.717) is 43.3 Å². The first kappa shape index (κ1) is 20.3. The van der Waals surface area contributed by atoms with E-state index in [-0.39, 0.29) is 10.8 Å². The van der Waals surface area contributed by atoms with Gasteiger partial charge in [-0.15, -0.1) is 0 Å². The average Bonchev–Trinajstić information content (AvgIpc) is 2.75. The molecule has 0 saturated carbocycles. The molecule has 0 unspecified atom stereocenters. The number of piperazine rings is 1. The van der Waals surface area contributed by atoms with Gasteiger partial charge in [-0.2, -0.15) is 13.2 Å². The van der Waals surface area contributed by atoms with Crippen LogP contribution < -0.4 is 9.80 Å². The summed E-state index contributed by atoms with van der Waals surface area (Å²) in [6.07, 6.45) is -1.70. The highest BCUT2D eigenvalue weighted by atomic mass is 35.5. The van der Waals surface area contributed by atoms with Crippen LogP contribution in [0.1, 0.15) is 5.56 Å². The fourth-order valence-electron chi connectivity index (χ4n) is 3.35. The smallest absolute Gasteiger partial charge is 0.353 e. The molecule has 0 radical (unpaired) electrons. The standard InChI is InChI=1S/C20H16ClF4N5/c21-15-10-13(3-4-16(15)22)17-11-18(28-12-27-17)29-6-8-30(9-7-29)19-14(20(23,24)25)2-1-5-26-19/h1-5,10-12H,6-9H2. The van der Waals surface area contributed by atoms with E-state index in [4.69, 9.17) is 11.6 Å². The quantitative estimate of drug-likeness (QED) is 0.557. The fourth-order valence-corrected chi connectivity index (χ4v) is 3.53. The lowest BCUT2D eigenvalue weighted by Crippen LogP contribution is -2.47. The van der Waals surface area contributed by atoms with Crippen molar-refractivity contribution in [1.29, 1.82) is 0 Å². The number of benzene rings is 1. The second-order valence-corrected chi connectivity index (χ2v) is 7.14. The number of alkyl halides is 3. The molecule has 0 bridgehead atoms. The lowest BCUT2D eigenvalue weighted by Gasteiger charge is -2.36. The molecule has 5 nitrogen and oxygen atoms in total. The lowest BCUT2D eigenvalue weighted by molar-refractivity contribution is -0.137. The van der Waals surface area contributed by atoms with Crippen LogP contribution in [0.15, 0.2) is 48.9 Å². The van der Waals surface area contributed by atoms with Crippen molar-refractivity contribution in [2.24, 2.45) is 0 Å². The summed E-state index contributed by atoms with van der Waals surface area (Å²) in [5, 5.41) is -0.00268. The fraction of sp³-hybridized carbons (Fsp3) is 0.250. The Morgan fingerprint density at radius 3 is 2.33 bits per heavy atom. The number of aromatic nitrogens is 3. The van der Waals surface area contributed by atoms with Crippen molar-refractivity contribution in [1.82, 2.24) is 15.0 Å². The summed E-state index contributed by atoms with van der Waals surface area (Å²) in [7, 11) is 0. The summed E-state index contributed by atoms with van der Waals surface area (Å²) >= 11 is 5.85. The van der Waals surface area contributed by atoms with Crippen LogP contribution in [0.3, 0.4) is 0 Å². The summed E-state index contributed by atoms with van der Waals surface area (Å²) in [6, 6.07) is 8.40. The van der Waals surface area contributed by atoms with Crippen LogP contribution in [0.25, 0.3) is 11.3 Å². The first-order chi connectivity index (χ1) is 14.3. The highest BCUT2D eigenvalue weighted by Gasteiger charge is 2.36. The molecule has 1 aromatic carbocycles. The van der Waals surface area contributed by atoms with Gasteiger partial charge in [0.15, 0.2) is 0 Å². The van der Waals surface area contributed by atoms with Gasteiger partial charge in [0.2, 0.25) is 0 Å². The first-order valence-electron chi connectivity index (χ1n) is 9.12. The van der Waals surface area contributed by atoms with Crippen LogP contribution in [0.2, 0.25) is 5.02 Å². The number of rotatable bonds is 3. The van der Waals surface area contributed by atoms with Gasteiger partial charge in [-0.3, -0.25) is 0 Å². The van der Waals surface area contributed by atoms with Crippen molar-refractivity contribution in [3.05, 3.63) is 65.3 Å². The molecule has 3 heterocycles. The van der Waals surface area contributed by atoms with E-state index in [9.17, 15) is 17.6 Å². The van der Waals surface area contributed by atoms with Crippen molar-refractivity contribution in [3.8, 4) is 11.3 Å². The van der Waals surface area contributed by atoms with E-state index < -0.39 is 17.6 Å². The third-order valence-electron chi connectivity index (χ3n) is 4.86. The number of anilines is 2. The zero-order valence-corrected chi connectivity index (χ0v) is 16.3. The highest BCUT2D eigenvalue weighted by Crippen LogP contribution is 2.35. The van der Waals surface area contributed by atoms with Crippen molar-refractivity contribution in [3.63, 3.8) is 0 Å². The van der Waals surface area contributed by atoms with Gasteiger partial charge in [-0.05, 0) is 30.3 Å². The second kappa shape index (κ2) is 8.06. The van der Waals surface area contributed by atoms with Crippen LogP contribution >= 0.6 is 11.6 Å². The monoisotopic (exact) mass is 437 g/mol. The van der Waals surface area contributed by atoms with E-state index >= 15 is 0 Å². The van der Waals surface area contributed by atoms with Gasteiger partial charge in [-0.1, -0.05) is 11.6 Å². The Balaban J connectivity index is 1.51. The zero-order chi connectivity index (χ0) is 21.3. The van der Waals surface area contributed by atoms with Crippen molar-refractivity contribution >= 4 is 23.2 Å². The molecular formula is C20H16ClF4N5. The van der Waals surface area contributed by atoms with Gasteiger partial charge in [0.05, 0.1) is 16.3 Å². The number of hydrogen-bond donors (Lipinski definition) is 0. The summed E-state index contributed by atoms with van der Waals surface area (Å²) in [5.41, 5.74) is 0.483. The topological polar surface area (TPSA) is 45.2 Å². The minimum absolute atomic E-state index is 0.00268. The van der Waals surface area contributed by atoms with Gasteiger partial charge in [0.1, 0.15) is 23.8 Å². The summed E-state index contributed by atoms with van der Waals surface area (Å²) in [6.45, 7) is 1.66. The molecule has 1 aliphatic rings. The Labute approximate surface area is 175 Å². The average molecular weight is 438 g/mol. The van der Waals surface area contributed by atoms with Crippen LogP contribution in [0, 0.1) is 5.82 Å². The zero-order valence-electron chi connectivity index (χ0n) is 15.6. The summed E-state index contributed by atoms with van der Waals surface area (Å²) < 4.78 is 53.2. The molecule has 0 spiro atoms. The molecule has 10 heteroatoms. The Kier molecular flexibility index (Phi) is 5.46. The van der Waals surface area contributed by atoms with Gasteiger partial charge in [-0.25, -0.2) is 19.3 Å². The van der Waals surface area contributed by atoms with E-state index in [1.54, 1.807) is 17.0 Å². The maximum atomic E-state index is 13.4. The first-order valence-corrected chi connectivity index (χ1v) is 9.50. The van der Waals surface area contributed by atoms with E-state index in [2.05, 4.69) is 15.0 Å². The molecule has 1 fully saturated rings. The number of pyridine rings is 1. The van der Waals surface area contributed by atoms with E-state index in [1.165, 1.54) is 30.7 Å². The SMILES string of the molecule is Fc1ccc(-c2cc(N3CCN(c4ncccc4C(F)(F)F)CC3)ncn2)cc1Cl. The molecule has 3 aromatic rings. The van der Waals surface area contributed by atoms with Gasteiger partial charge >= 0.3 is 6.18 Å². The maximum absolute atomic E-state index is 13.4. The molecule has 4 rings (SSSR count). The van der Waals surface area contributed by atoms with Gasteiger partial charge in [0.25, 0.3) is 0 Å². The third-order valence-corrected chi connectivity index (χ3v) is 5.15. The molecular weight excluding hydrogens is 422 g/mol. The van der Waals surface area contributed by atoms with Gasteiger partial charge in [0, 0.05) is 44.0 Å². The Hall–Kier alpha value is -2.94. The van der Waals surface area contributed by atoms with Gasteiger partial charge < -0.3 is 9.80 Å². The molecule has 1 aliphatic heterocycles. The molecule has 156 valence electrons. The Bertz CT molecular complexity index is 1050. The molecule has 0 atom stereocenters. The lowest BCUT2D eigenvalue weighted by atomic mass is 10.1. The second-order valence-electron chi connectivity index (χ2n) is 6.74. The van der Waals surface area contributed by atoms with E-state index in [1.807, 2.05) is 4.90 Å². The minimum atomic E-state index is -4.46. The molecule has 0 amide bonds. The molecule has 30 heavy (non-hydrogen) atoms. The molecule has 2 aromatic heterocycles. The van der Waals surface area contributed by atoms with Crippen LogP contribution in [-0.4, -0.2) is 41.1 Å². The highest BCUT2D eigenvalue weighted by molar-refractivity contribution is 6.31. The molecule has 0 aliphatic carbocycles. The number of nitrogens with zero attached hydrogens (tertiary/aromatic N) is 5. The summed E-state index contributed by atoms with van der Waals surface area (Å²) in [5.74, 6) is 0.0599. The predicted octanol–water partition coefficient (Wildman–Crippen LogP) is 4.68. The Morgan fingerprint density at radius 1 is 0.900 bits per heavy atom. The Morgan fingerprint density at radius 2 is 1.63 bits per heavy atom.